The van der Waals surface area contributed by atoms with Crippen LogP contribution in [0, 0.1) is 5.92 Å². The van der Waals surface area contributed by atoms with E-state index in [4.69, 9.17) is 13.9 Å². The fourth-order valence-electron chi connectivity index (χ4n) is 6.54. The zero-order chi connectivity index (χ0) is 34.5. The lowest BCUT2D eigenvalue weighted by atomic mass is 9.81. The van der Waals surface area contributed by atoms with Crippen molar-refractivity contribution >= 4 is 46.2 Å². The van der Waals surface area contributed by atoms with Crippen molar-refractivity contribution in [3.05, 3.63) is 34.2 Å². The van der Waals surface area contributed by atoms with E-state index in [1.165, 1.54) is 26.4 Å². The number of anilines is 1. The number of rotatable bonds is 19. The molecule has 262 valence electrons. The number of methoxy groups -OCH3 is 1. The van der Waals surface area contributed by atoms with Crippen LogP contribution in [0.3, 0.4) is 0 Å². The van der Waals surface area contributed by atoms with Gasteiger partial charge in [0.2, 0.25) is 11.8 Å². The molecule has 2 heterocycles. The van der Waals surface area contributed by atoms with Crippen LogP contribution in [-0.4, -0.2) is 68.2 Å². The summed E-state index contributed by atoms with van der Waals surface area (Å²) >= 11 is 1.57. The van der Waals surface area contributed by atoms with Gasteiger partial charge >= 0.3 is 11.6 Å². The number of hydrogen-bond acceptors (Lipinski definition) is 9. The summed E-state index contributed by atoms with van der Waals surface area (Å²) in [7, 11) is 1.30. The van der Waals surface area contributed by atoms with E-state index in [0.29, 0.717) is 66.1 Å². The van der Waals surface area contributed by atoms with E-state index in [1.807, 2.05) is 51.0 Å². The Morgan fingerprint density at radius 3 is 2.45 bits per heavy atom. The Bertz CT molecular complexity index is 1390. The van der Waals surface area contributed by atoms with Gasteiger partial charge < -0.3 is 29.4 Å². The van der Waals surface area contributed by atoms with Crippen LogP contribution in [0.5, 0.6) is 5.75 Å². The van der Waals surface area contributed by atoms with Crippen LogP contribution in [0.4, 0.5) is 5.69 Å². The fraction of sp³-hybridized carbons (Fsp3) is 0.667. The molecular weight excluding hydrogens is 618 g/mol. The number of carbonyl (C=O) groups excluding carboxylic acids is 3. The van der Waals surface area contributed by atoms with Gasteiger partial charge in [-0.05, 0) is 68.6 Å². The van der Waals surface area contributed by atoms with Crippen LogP contribution in [-0.2, 0) is 19.1 Å². The number of nitrogens with one attached hydrogen (secondary N) is 2. The maximum absolute atomic E-state index is 14.3. The smallest absolute Gasteiger partial charge is 0.341 e. The van der Waals surface area contributed by atoms with Crippen LogP contribution in [0.2, 0.25) is 0 Å². The van der Waals surface area contributed by atoms with Gasteiger partial charge in [-0.3, -0.25) is 9.59 Å². The van der Waals surface area contributed by atoms with Gasteiger partial charge in [-0.2, -0.15) is 11.8 Å². The molecule has 0 radical (unpaired) electrons. The maximum atomic E-state index is 14.3. The number of fused-ring (bicyclic) bond motifs is 3. The summed E-state index contributed by atoms with van der Waals surface area (Å²) in [5.41, 5.74) is 0.835. The third-order valence-corrected chi connectivity index (χ3v) is 9.59. The Morgan fingerprint density at radius 2 is 1.81 bits per heavy atom. The predicted molar refractivity (Wildman–Crippen MR) is 190 cm³/mol. The van der Waals surface area contributed by atoms with Crippen LogP contribution in [0.25, 0.3) is 11.0 Å². The molecule has 0 saturated heterocycles. The quantitative estimate of drug-likeness (QED) is 0.102. The molecule has 0 spiro atoms. The number of ether oxygens (including phenoxy) is 2. The minimum atomic E-state index is -0.880. The summed E-state index contributed by atoms with van der Waals surface area (Å²) in [4.78, 5) is 56.8. The molecule has 10 nitrogen and oxygen atoms in total. The third-order valence-electron chi connectivity index (χ3n) is 8.94. The molecule has 0 saturated carbocycles. The molecule has 0 aliphatic carbocycles. The third kappa shape index (κ3) is 9.67. The molecule has 1 unspecified atom stereocenters. The first-order chi connectivity index (χ1) is 22.6. The highest BCUT2D eigenvalue weighted by atomic mass is 32.2. The van der Waals surface area contributed by atoms with E-state index >= 15 is 0 Å². The SMILES string of the molecule is CCCCCCCCNC(=O)[C@H]1C[C@@H](CC)c2c(c3ccc(OCC)cc3oc2=O)N1C(C(=O)N[C@@H](CCSC)C(=O)OC)C(C)C. The van der Waals surface area contributed by atoms with Crippen molar-refractivity contribution in [3.63, 3.8) is 0 Å². The van der Waals surface area contributed by atoms with Gasteiger partial charge in [0.1, 0.15) is 29.5 Å². The highest BCUT2D eigenvalue weighted by Gasteiger charge is 2.46. The highest BCUT2D eigenvalue weighted by Crippen LogP contribution is 2.45. The topological polar surface area (TPSA) is 127 Å². The lowest BCUT2D eigenvalue weighted by Gasteiger charge is -2.46. The zero-order valence-corrected chi connectivity index (χ0v) is 30.1. The van der Waals surface area contributed by atoms with Gasteiger partial charge in [0, 0.05) is 18.0 Å². The number of unbranched alkanes of at least 4 members (excludes halogenated alkanes) is 5. The first kappa shape index (κ1) is 38.2. The number of esters is 1. The summed E-state index contributed by atoms with van der Waals surface area (Å²) in [6, 6.07) is 2.87. The Morgan fingerprint density at radius 1 is 1.09 bits per heavy atom. The number of benzene rings is 1. The first-order valence-corrected chi connectivity index (χ1v) is 18.7. The Kier molecular flexibility index (Phi) is 15.4. The van der Waals surface area contributed by atoms with E-state index in [1.54, 1.807) is 17.8 Å². The maximum Gasteiger partial charge on any atom is 0.341 e. The molecule has 11 heteroatoms. The molecular formula is C36H55N3O7S. The molecule has 1 aromatic heterocycles. The standard InChI is InChI=1S/C36H55N3O7S/c1-8-11-12-13-14-15-19-37-33(40)28-21-24(9-2)30-32(26-17-16-25(45-10-3)22-29(26)46-36(30)43)39(28)31(23(4)5)34(41)38-27(18-20-47-7)35(42)44-6/h16-17,22-24,27-28,31H,8-15,18-21H2,1-7H3,(H,37,40)(H,38,41)/t24-,27+,28-,31?/m1/s1. The van der Waals surface area contributed by atoms with Crippen molar-refractivity contribution in [3.8, 4) is 5.75 Å². The number of thioether (sulfide) groups is 1. The molecule has 0 bridgehead atoms. The average Bonchev–Trinajstić information content (AvgIpc) is 3.05. The summed E-state index contributed by atoms with van der Waals surface area (Å²) in [6.07, 6.45) is 9.90. The summed E-state index contributed by atoms with van der Waals surface area (Å²) in [6.45, 7) is 10.9. The largest absolute Gasteiger partial charge is 0.494 e. The second-order valence-electron chi connectivity index (χ2n) is 12.6. The van der Waals surface area contributed by atoms with Gasteiger partial charge in [-0.1, -0.05) is 59.8 Å². The summed E-state index contributed by atoms with van der Waals surface area (Å²) in [5, 5.41) is 6.72. The number of nitrogens with zero attached hydrogens (tertiary/aromatic N) is 1. The van der Waals surface area contributed by atoms with Crippen molar-refractivity contribution < 1.29 is 28.3 Å². The highest BCUT2D eigenvalue weighted by molar-refractivity contribution is 7.98. The van der Waals surface area contributed by atoms with Crippen LogP contribution >= 0.6 is 11.8 Å². The fourth-order valence-corrected chi connectivity index (χ4v) is 7.01. The molecule has 2 aromatic rings. The first-order valence-electron chi connectivity index (χ1n) is 17.3. The molecule has 3 rings (SSSR count). The van der Waals surface area contributed by atoms with Crippen LogP contribution in [0.15, 0.2) is 27.4 Å². The molecule has 2 N–H and O–H groups in total. The van der Waals surface area contributed by atoms with Crippen LogP contribution in [0.1, 0.15) is 104 Å². The van der Waals surface area contributed by atoms with Gasteiger partial charge in [0.05, 0.1) is 25.0 Å². The molecule has 2 amide bonds. The van der Waals surface area contributed by atoms with Gasteiger partial charge in [-0.25, -0.2) is 9.59 Å². The lowest BCUT2D eigenvalue weighted by molar-refractivity contribution is -0.145. The number of amides is 2. The molecule has 1 aliphatic heterocycles. The molecule has 1 aromatic carbocycles. The molecule has 0 fully saturated rings. The van der Waals surface area contributed by atoms with Gasteiger partial charge in [0.15, 0.2) is 0 Å². The van der Waals surface area contributed by atoms with Crippen LogP contribution < -0.4 is 25.9 Å². The summed E-state index contributed by atoms with van der Waals surface area (Å²) in [5.74, 6) is -0.452. The van der Waals surface area contributed by atoms with Crippen molar-refractivity contribution in [2.75, 3.05) is 37.2 Å². The van der Waals surface area contributed by atoms with E-state index < -0.39 is 35.6 Å². The Hall–Kier alpha value is -3.21. The van der Waals surface area contributed by atoms with Crippen molar-refractivity contribution in [1.82, 2.24) is 10.6 Å². The van der Waals surface area contributed by atoms with Crippen molar-refractivity contribution in [1.29, 1.82) is 0 Å². The number of hydrogen-bond donors (Lipinski definition) is 2. The van der Waals surface area contributed by atoms with Gasteiger partial charge in [0.25, 0.3) is 0 Å². The van der Waals surface area contributed by atoms with E-state index in [2.05, 4.69) is 17.6 Å². The second kappa shape index (κ2) is 19.0. The Labute approximate surface area is 284 Å². The average molecular weight is 674 g/mol. The minimum Gasteiger partial charge on any atom is -0.494 e. The molecule has 1 aliphatic rings. The van der Waals surface area contributed by atoms with Crippen molar-refractivity contribution in [2.45, 2.75) is 116 Å². The monoisotopic (exact) mass is 673 g/mol. The zero-order valence-electron chi connectivity index (χ0n) is 29.3. The number of carbonyl (C=O) groups is 3. The summed E-state index contributed by atoms with van der Waals surface area (Å²) < 4.78 is 16.6. The molecule has 4 atom stereocenters. The molecule has 47 heavy (non-hydrogen) atoms. The predicted octanol–water partition coefficient (Wildman–Crippen LogP) is 6.18. The second-order valence-corrected chi connectivity index (χ2v) is 13.6. The van der Waals surface area contributed by atoms with Crippen molar-refractivity contribution in [2.24, 2.45) is 5.92 Å². The lowest BCUT2D eigenvalue weighted by Crippen LogP contribution is -2.62. The minimum absolute atomic E-state index is 0.180. The Balaban J connectivity index is 2.15. The van der Waals surface area contributed by atoms with E-state index in [0.717, 1.165) is 19.3 Å². The van der Waals surface area contributed by atoms with E-state index in [-0.39, 0.29) is 17.7 Å². The van der Waals surface area contributed by atoms with E-state index in [9.17, 15) is 19.2 Å². The normalized spacial score (nSPS) is 17.2. The van der Waals surface area contributed by atoms with Gasteiger partial charge in [-0.15, -0.1) is 0 Å².